The largest absolute Gasteiger partial charge is 0.462 e. The highest BCUT2D eigenvalue weighted by atomic mass is 16.6. The lowest BCUT2D eigenvalue weighted by molar-refractivity contribution is -0.167. The Bertz CT molecular complexity index is 993. The van der Waals surface area contributed by atoms with Gasteiger partial charge in [0.1, 0.15) is 13.2 Å². The Labute approximate surface area is 399 Å². The molecule has 0 amide bonds. The molecule has 0 aliphatic carbocycles. The van der Waals surface area contributed by atoms with Crippen LogP contribution in [0.5, 0.6) is 0 Å². The van der Waals surface area contributed by atoms with E-state index < -0.39 is 6.10 Å². The smallest absolute Gasteiger partial charge is 0.306 e. The number of hydrogen-bond donors (Lipinski definition) is 0. The van der Waals surface area contributed by atoms with Gasteiger partial charge in [-0.15, -0.1) is 0 Å². The molecular weight excluding hydrogens is 793 g/mol. The fourth-order valence-electron chi connectivity index (χ4n) is 8.68. The second kappa shape index (κ2) is 53.8. The molecule has 0 heterocycles. The molecule has 0 aliphatic heterocycles. The van der Waals surface area contributed by atoms with Crippen molar-refractivity contribution >= 4 is 17.9 Å². The van der Waals surface area contributed by atoms with Crippen molar-refractivity contribution in [2.24, 2.45) is 0 Å². The summed E-state index contributed by atoms with van der Waals surface area (Å²) in [6, 6.07) is 0. The van der Waals surface area contributed by atoms with Crippen molar-refractivity contribution in [1.82, 2.24) is 0 Å². The van der Waals surface area contributed by atoms with Gasteiger partial charge in [0, 0.05) is 19.3 Å². The zero-order valence-electron chi connectivity index (χ0n) is 43.3. The zero-order chi connectivity index (χ0) is 46.5. The monoisotopic (exact) mass is 903 g/mol. The fourth-order valence-corrected chi connectivity index (χ4v) is 8.68. The molecule has 64 heavy (non-hydrogen) atoms. The van der Waals surface area contributed by atoms with E-state index in [1.807, 2.05) is 0 Å². The predicted octanol–water partition coefficient (Wildman–Crippen LogP) is 18.9. The van der Waals surface area contributed by atoms with Gasteiger partial charge in [-0.1, -0.05) is 270 Å². The van der Waals surface area contributed by atoms with Gasteiger partial charge in [-0.2, -0.15) is 0 Å². The van der Waals surface area contributed by atoms with Crippen LogP contribution in [-0.2, 0) is 28.6 Å². The average molecular weight is 904 g/mol. The molecule has 6 heteroatoms. The van der Waals surface area contributed by atoms with Gasteiger partial charge < -0.3 is 14.2 Å². The average Bonchev–Trinajstić information content (AvgIpc) is 3.29. The number of hydrogen-bond acceptors (Lipinski definition) is 6. The van der Waals surface area contributed by atoms with Crippen LogP contribution in [0.2, 0.25) is 0 Å². The van der Waals surface area contributed by atoms with Crippen molar-refractivity contribution in [3.05, 3.63) is 12.2 Å². The molecule has 0 saturated carbocycles. The summed E-state index contributed by atoms with van der Waals surface area (Å²) < 4.78 is 16.9. The molecule has 0 rings (SSSR count). The molecule has 0 aromatic carbocycles. The highest BCUT2D eigenvalue weighted by molar-refractivity contribution is 5.71. The Hall–Kier alpha value is -1.85. The van der Waals surface area contributed by atoms with Crippen LogP contribution in [0.4, 0.5) is 0 Å². The SMILES string of the molecule is CCCCCC/C=C/CCCCCCCCCC(=O)O[C@H](COC(=O)CCCCCCCCCCCCCCCCC)COC(=O)CCCCCCCCCCCCCCCCCC. The molecule has 0 N–H and O–H groups in total. The van der Waals surface area contributed by atoms with Crippen molar-refractivity contribution < 1.29 is 28.6 Å². The molecule has 0 aliphatic rings. The van der Waals surface area contributed by atoms with Crippen LogP contribution >= 0.6 is 0 Å². The van der Waals surface area contributed by atoms with Gasteiger partial charge in [0.15, 0.2) is 6.10 Å². The van der Waals surface area contributed by atoms with Crippen molar-refractivity contribution in [3.8, 4) is 0 Å². The van der Waals surface area contributed by atoms with Gasteiger partial charge in [-0.25, -0.2) is 0 Å². The molecule has 0 saturated heterocycles. The molecule has 0 bridgehead atoms. The maximum atomic E-state index is 12.8. The summed E-state index contributed by atoms with van der Waals surface area (Å²) in [5.74, 6) is -0.846. The number of carbonyl (C=O) groups excluding carboxylic acids is 3. The lowest BCUT2D eigenvalue weighted by Gasteiger charge is -2.18. The van der Waals surface area contributed by atoms with Crippen LogP contribution < -0.4 is 0 Å². The summed E-state index contributed by atoms with van der Waals surface area (Å²) >= 11 is 0. The van der Waals surface area contributed by atoms with Crippen LogP contribution in [0.1, 0.15) is 323 Å². The van der Waals surface area contributed by atoms with E-state index in [-0.39, 0.29) is 31.1 Å². The minimum absolute atomic E-state index is 0.0658. The minimum Gasteiger partial charge on any atom is -0.462 e. The van der Waals surface area contributed by atoms with Crippen LogP contribution in [0.3, 0.4) is 0 Å². The van der Waals surface area contributed by atoms with Crippen molar-refractivity contribution in [2.75, 3.05) is 13.2 Å². The van der Waals surface area contributed by atoms with Gasteiger partial charge >= 0.3 is 17.9 Å². The zero-order valence-corrected chi connectivity index (χ0v) is 43.3. The van der Waals surface area contributed by atoms with Crippen LogP contribution in [-0.4, -0.2) is 37.2 Å². The quantitative estimate of drug-likeness (QED) is 0.0262. The molecule has 0 aromatic heterocycles. The summed E-state index contributed by atoms with van der Waals surface area (Å²) in [6.45, 7) is 6.68. The molecule has 6 nitrogen and oxygen atoms in total. The Morgan fingerprint density at radius 3 is 0.797 bits per heavy atom. The Morgan fingerprint density at radius 1 is 0.297 bits per heavy atom. The lowest BCUT2D eigenvalue weighted by Crippen LogP contribution is -2.30. The summed E-state index contributed by atoms with van der Waals surface area (Å²) in [4.78, 5) is 38.1. The van der Waals surface area contributed by atoms with E-state index in [1.165, 1.54) is 225 Å². The number of esters is 3. The van der Waals surface area contributed by atoms with Gasteiger partial charge in [0.05, 0.1) is 0 Å². The lowest BCUT2D eigenvalue weighted by atomic mass is 10.0. The first-order chi connectivity index (χ1) is 31.5. The summed E-state index contributed by atoms with van der Waals surface area (Å²) in [6.07, 6.45) is 60.5. The van der Waals surface area contributed by atoms with E-state index in [0.717, 1.165) is 57.8 Å². The van der Waals surface area contributed by atoms with Gasteiger partial charge in [0.2, 0.25) is 0 Å². The Balaban J connectivity index is 4.32. The Kier molecular flexibility index (Phi) is 52.2. The van der Waals surface area contributed by atoms with E-state index in [9.17, 15) is 14.4 Å². The van der Waals surface area contributed by atoms with Crippen molar-refractivity contribution in [1.29, 1.82) is 0 Å². The molecule has 378 valence electrons. The maximum Gasteiger partial charge on any atom is 0.306 e. The molecule has 0 aromatic rings. The van der Waals surface area contributed by atoms with E-state index in [2.05, 4.69) is 32.9 Å². The maximum absolute atomic E-state index is 12.8. The highest BCUT2D eigenvalue weighted by Crippen LogP contribution is 2.17. The molecular formula is C58H110O6. The second-order valence-corrected chi connectivity index (χ2v) is 19.6. The van der Waals surface area contributed by atoms with E-state index in [4.69, 9.17) is 14.2 Å². The molecule has 1 atom stereocenters. The first-order valence-electron chi connectivity index (χ1n) is 28.7. The van der Waals surface area contributed by atoms with Crippen LogP contribution in [0.25, 0.3) is 0 Å². The van der Waals surface area contributed by atoms with E-state index >= 15 is 0 Å². The second-order valence-electron chi connectivity index (χ2n) is 19.6. The summed E-state index contributed by atoms with van der Waals surface area (Å²) in [7, 11) is 0. The minimum atomic E-state index is -0.766. The van der Waals surface area contributed by atoms with Gasteiger partial charge in [0.25, 0.3) is 0 Å². The number of rotatable bonds is 53. The Morgan fingerprint density at radius 2 is 0.516 bits per heavy atom. The summed E-state index contributed by atoms with van der Waals surface area (Å²) in [5, 5.41) is 0. The highest BCUT2D eigenvalue weighted by Gasteiger charge is 2.19. The first kappa shape index (κ1) is 62.1. The van der Waals surface area contributed by atoms with Crippen LogP contribution in [0.15, 0.2) is 12.2 Å². The van der Waals surface area contributed by atoms with Gasteiger partial charge in [-0.3, -0.25) is 14.4 Å². The summed E-state index contributed by atoms with van der Waals surface area (Å²) in [5.41, 5.74) is 0. The fraction of sp³-hybridized carbons (Fsp3) is 0.914. The number of ether oxygens (including phenoxy) is 3. The third-order valence-corrected chi connectivity index (χ3v) is 13.0. The number of allylic oxidation sites excluding steroid dienone is 2. The molecule has 0 unspecified atom stereocenters. The topological polar surface area (TPSA) is 78.9 Å². The third kappa shape index (κ3) is 51.1. The normalized spacial score (nSPS) is 12.0. The van der Waals surface area contributed by atoms with Gasteiger partial charge in [-0.05, 0) is 44.9 Å². The van der Waals surface area contributed by atoms with E-state index in [0.29, 0.717) is 19.3 Å². The molecule has 0 spiro atoms. The predicted molar refractivity (Wildman–Crippen MR) is 275 cm³/mol. The first-order valence-corrected chi connectivity index (χ1v) is 28.7. The van der Waals surface area contributed by atoms with E-state index in [1.54, 1.807) is 0 Å². The van der Waals surface area contributed by atoms with Crippen molar-refractivity contribution in [3.63, 3.8) is 0 Å². The molecule has 0 fully saturated rings. The number of unbranched alkanes of at least 4 members (excludes halogenated alkanes) is 40. The molecule has 0 radical (unpaired) electrons. The van der Waals surface area contributed by atoms with Crippen LogP contribution in [0, 0.1) is 0 Å². The third-order valence-electron chi connectivity index (χ3n) is 13.0. The van der Waals surface area contributed by atoms with Crippen molar-refractivity contribution in [2.45, 2.75) is 329 Å². The standard InChI is InChI=1S/C58H110O6/c1-4-7-10-13-16-19-22-25-28-31-33-36-39-42-45-48-51-57(60)63-54-55(64-58(61)52-49-46-43-40-37-34-30-27-24-21-18-15-12-9-6-3)53-62-56(59)50-47-44-41-38-35-32-29-26-23-20-17-14-11-8-5-2/h21,24,55H,4-20,22-23,25-54H2,1-3H3/b24-21+/t55-/m1/s1. The number of carbonyl (C=O) groups is 3.